The molecule has 3 heterocycles. The van der Waals surface area contributed by atoms with Crippen molar-refractivity contribution in [1.29, 1.82) is 0 Å². The van der Waals surface area contributed by atoms with E-state index in [1.54, 1.807) is 11.3 Å². The lowest BCUT2D eigenvalue weighted by Crippen LogP contribution is -2.29. The molecule has 0 aromatic carbocycles. The molecular weight excluding hydrogens is 246 g/mol. The highest BCUT2D eigenvalue weighted by Gasteiger charge is 2.24. The van der Waals surface area contributed by atoms with Crippen LogP contribution in [0.2, 0.25) is 0 Å². The number of thiazole rings is 1. The normalized spacial score (nSPS) is 21.1. The van der Waals surface area contributed by atoms with Crippen LogP contribution in [0.3, 0.4) is 0 Å². The van der Waals surface area contributed by atoms with Gasteiger partial charge in [-0.3, -0.25) is 9.30 Å². The average molecular weight is 265 g/mol. The molecule has 1 fully saturated rings. The van der Waals surface area contributed by atoms with E-state index in [1.807, 2.05) is 0 Å². The van der Waals surface area contributed by atoms with Crippen molar-refractivity contribution >= 4 is 16.3 Å². The van der Waals surface area contributed by atoms with Crippen molar-refractivity contribution in [1.82, 2.24) is 14.3 Å². The Balaban J connectivity index is 1.65. The molecule has 0 spiro atoms. The molecule has 0 radical (unpaired) electrons. The molecule has 2 aromatic heterocycles. The van der Waals surface area contributed by atoms with Gasteiger partial charge in [0, 0.05) is 37.0 Å². The Morgan fingerprint density at radius 1 is 1.50 bits per heavy atom. The standard InChI is InChI=1S/C13H19N3OS/c17-7-2-4-12-3-1-5-15(12)9-11-10-16-6-8-18-13(16)14-11/h6,8,10,12,17H,1-5,7,9H2. The SMILES string of the molecule is OCCCC1CCCN1Cc1cn2ccsc2n1. The van der Waals surface area contributed by atoms with Gasteiger partial charge in [0.05, 0.1) is 5.69 Å². The average Bonchev–Trinajstić information content (AvgIpc) is 3.02. The molecule has 0 aliphatic carbocycles. The van der Waals surface area contributed by atoms with Crippen LogP contribution in [0, 0.1) is 0 Å². The van der Waals surface area contributed by atoms with Gasteiger partial charge < -0.3 is 5.11 Å². The van der Waals surface area contributed by atoms with Crippen molar-refractivity contribution in [3.8, 4) is 0 Å². The maximum absolute atomic E-state index is 8.94. The molecule has 2 aromatic rings. The van der Waals surface area contributed by atoms with Crippen LogP contribution in [0.1, 0.15) is 31.4 Å². The van der Waals surface area contributed by atoms with E-state index in [9.17, 15) is 0 Å². The summed E-state index contributed by atoms with van der Waals surface area (Å²) in [6.07, 6.45) is 8.76. The van der Waals surface area contributed by atoms with Gasteiger partial charge in [0.15, 0.2) is 4.96 Å². The fraction of sp³-hybridized carbons (Fsp3) is 0.615. The van der Waals surface area contributed by atoms with Crippen molar-refractivity contribution in [3.05, 3.63) is 23.5 Å². The van der Waals surface area contributed by atoms with E-state index in [4.69, 9.17) is 5.11 Å². The molecule has 0 bridgehead atoms. The molecule has 0 saturated carbocycles. The highest BCUT2D eigenvalue weighted by Crippen LogP contribution is 2.23. The topological polar surface area (TPSA) is 40.8 Å². The molecule has 1 unspecified atom stereocenters. The van der Waals surface area contributed by atoms with E-state index in [-0.39, 0.29) is 0 Å². The maximum Gasteiger partial charge on any atom is 0.193 e. The first-order chi connectivity index (χ1) is 8.86. The Kier molecular flexibility index (Phi) is 3.63. The number of imidazole rings is 1. The van der Waals surface area contributed by atoms with Gasteiger partial charge >= 0.3 is 0 Å². The summed E-state index contributed by atoms with van der Waals surface area (Å²) in [6, 6.07) is 0.636. The third kappa shape index (κ3) is 2.43. The quantitative estimate of drug-likeness (QED) is 0.900. The van der Waals surface area contributed by atoms with Gasteiger partial charge in [-0.15, -0.1) is 11.3 Å². The lowest BCUT2D eigenvalue weighted by Gasteiger charge is -2.23. The van der Waals surface area contributed by atoms with E-state index in [0.717, 1.165) is 30.0 Å². The molecule has 0 amide bonds. The molecule has 18 heavy (non-hydrogen) atoms. The third-order valence-electron chi connectivity index (χ3n) is 3.70. The molecule has 4 nitrogen and oxygen atoms in total. The first-order valence-electron chi connectivity index (χ1n) is 6.63. The first kappa shape index (κ1) is 12.1. The van der Waals surface area contributed by atoms with Gasteiger partial charge in [-0.25, -0.2) is 4.98 Å². The summed E-state index contributed by atoms with van der Waals surface area (Å²) in [5.41, 5.74) is 1.16. The van der Waals surface area contributed by atoms with Crippen LogP contribution in [0.4, 0.5) is 0 Å². The van der Waals surface area contributed by atoms with Crippen molar-refractivity contribution in [2.75, 3.05) is 13.2 Å². The number of aliphatic hydroxyl groups is 1. The van der Waals surface area contributed by atoms with Crippen LogP contribution in [0.25, 0.3) is 4.96 Å². The summed E-state index contributed by atoms with van der Waals surface area (Å²) >= 11 is 1.68. The molecule has 1 atom stereocenters. The van der Waals surface area contributed by atoms with Gasteiger partial charge in [-0.1, -0.05) is 0 Å². The molecule has 1 saturated heterocycles. The number of aromatic nitrogens is 2. The largest absolute Gasteiger partial charge is 0.396 e. The number of aliphatic hydroxyl groups excluding tert-OH is 1. The zero-order chi connectivity index (χ0) is 12.4. The lowest BCUT2D eigenvalue weighted by molar-refractivity contribution is 0.208. The van der Waals surface area contributed by atoms with Crippen LogP contribution in [0.15, 0.2) is 17.8 Å². The van der Waals surface area contributed by atoms with Gasteiger partial charge in [-0.05, 0) is 32.2 Å². The zero-order valence-electron chi connectivity index (χ0n) is 10.5. The number of rotatable bonds is 5. The summed E-state index contributed by atoms with van der Waals surface area (Å²) in [7, 11) is 0. The minimum atomic E-state index is 0.310. The summed E-state index contributed by atoms with van der Waals surface area (Å²) in [5.74, 6) is 0. The number of hydrogen-bond donors (Lipinski definition) is 1. The fourth-order valence-corrected chi connectivity index (χ4v) is 3.54. The van der Waals surface area contributed by atoms with E-state index in [2.05, 4.69) is 32.1 Å². The predicted molar refractivity (Wildman–Crippen MR) is 72.8 cm³/mol. The minimum absolute atomic E-state index is 0.310. The van der Waals surface area contributed by atoms with E-state index >= 15 is 0 Å². The van der Waals surface area contributed by atoms with Crippen LogP contribution >= 0.6 is 11.3 Å². The molecule has 1 N–H and O–H groups in total. The van der Waals surface area contributed by atoms with Crippen LogP contribution in [-0.2, 0) is 6.54 Å². The number of fused-ring (bicyclic) bond motifs is 1. The number of hydrogen-bond acceptors (Lipinski definition) is 4. The van der Waals surface area contributed by atoms with Gasteiger partial charge in [0.25, 0.3) is 0 Å². The fourth-order valence-electron chi connectivity index (χ4n) is 2.82. The third-order valence-corrected chi connectivity index (χ3v) is 4.47. The highest BCUT2D eigenvalue weighted by molar-refractivity contribution is 7.15. The molecular formula is C13H19N3OS. The van der Waals surface area contributed by atoms with E-state index < -0.39 is 0 Å². The van der Waals surface area contributed by atoms with Gasteiger partial charge in [0.1, 0.15) is 0 Å². The van der Waals surface area contributed by atoms with Gasteiger partial charge in [-0.2, -0.15) is 0 Å². The molecule has 5 heteroatoms. The van der Waals surface area contributed by atoms with Gasteiger partial charge in [0.2, 0.25) is 0 Å². The Hall–Kier alpha value is -0.910. The number of likely N-dealkylation sites (tertiary alicyclic amines) is 1. The minimum Gasteiger partial charge on any atom is -0.396 e. The van der Waals surface area contributed by atoms with Crippen molar-refractivity contribution in [2.45, 2.75) is 38.3 Å². The smallest absolute Gasteiger partial charge is 0.193 e. The van der Waals surface area contributed by atoms with Crippen molar-refractivity contribution < 1.29 is 5.11 Å². The first-order valence-corrected chi connectivity index (χ1v) is 7.51. The van der Waals surface area contributed by atoms with E-state index in [1.165, 1.54) is 19.4 Å². The summed E-state index contributed by atoms with van der Waals surface area (Å²) < 4.78 is 2.10. The lowest BCUT2D eigenvalue weighted by atomic mass is 10.1. The van der Waals surface area contributed by atoms with Crippen LogP contribution in [-0.4, -0.2) is 38.6 Å². The predicted octanol–water partition coefficient (Wildman–Crippen LogP) is 2.13. The Bertz CT molecular complexity index is 479. The maximum atomic E-state index is 8.94. The second-order valence-electron chi connectivity index (χ2n) is 4.96. The Morgan fingerprint density at radius 2 is 2.44 bits per heavy atom. The van der Waals surface area contributed by atoms with Crippen molar-refractivity contribution in [2.24, 2.45) is 0 Å². The molecule has 98 valence electrons. The second-order valence-corrected chi connectivity index (χ2v) is 5.83. The van der Waals surface area contributed by atoms with Crippen LogP contribution in [0.5, 0.6) is 0 Å². The Morgan fingerprint density at radius 3 is 3.28 bits per heavy atom. The summed E-state index contributed by atoms with van der Waals surface area (Å²) in [4.78, 5) is 8.24. The van der Waals surface area contributed by atoms with Crippen LogP contribution < -0.4 is 0 Å². The summed E-state index contributed by atoms with van der Waals surface area (Å²) in [6.45, 7) is 2.43. The number of nitrogens with zero attached hydrogens (tertiary/aromatic N) is 3. The zero-order valence-corrected chi connectivity index (χ0v) is 11.3. The second kappa shape index (κ2) is 5.38. The Labute approximate surface area is 111 Å². The highest BCUT2D eigenvalue weighted by atomic mass is 32.1. The molecule has 1 aliphatic rings. The monoisotopic (exact) mass is 265 g/mol. The van der Waals surface area contributed by atoms with E-state index in [0.29, 0.717) is 12.6 Å². The summed E-state index contributed by atoms with van der Waals surface area (Å²) in [5, 5.41) is 11.0. The van der Waals surface area contributed by atoms with Crippen molar-refractivity contribution in [3.63, 3.8) is 0 Å². The molecule has 1 aliphatic heterocycles. The molecule has 3 rings (SSSR count).